The molecule has 0 spiro atoms. The molecule has 0 aromatic carbocycles. The van der Waals surface area contributed by atoms with Crippen molar-refractivity contribution in [3.05, 3.63) is 11.6 Å². The molecule has 186 valence electrons. The molecule has 0 unspecified atom stereocenters. The molecule has 4 saturated carbocycles. The number of hydrogen-bond acceptors (Lipinski definition) is 3. The van der Waals surface area contributed by atoms with E-state index < -0.39 is 5.60 Å². The molecule has 0 radical (unpaired) electrons. The van der Waals surface area contributed by atoms with Crippen LogP contribution in [0, 0.1) is 45.3 Å². The van der Waals surface area contributed by atoms with Gasteiger partial charge in [0.25, 0.3) is 0 Å². The van der Waals surface area contributed by atoms with E-state index in [1.54, 1.807) is 0 Å². The molecule has 3 nitrogen and oxygen atoms in total. The van der Waals surface area contributed by atoms with Crippen molar-refractivity contribution in [1.29, 1.82) is 0 Å². The molecule has 1 N–H and O–H groups in total. The molecule has 4 rings (SSSR count). The van der Waals surface area contributed by atoms with E-state index in [0.29, 0.717) is 36.2 Å². The first-order valence-corrected chi connectivity index (χ1v) is 13.5. The van der Waals surface area contributed by atoms with Crippen LogP contribution >= 0.6 is 0 Å². The topological polar surface area (TPSA) is 54.4 Å². The van der Waals surface area contributed by atoms with Crippen LogP contribution in [0.25, 0.3) is 0 Å². The predicted octanol–water partition coefficient (Wildman–Crippen LogP) is 6.92. The summed E-state index contributed by atoms with van der Waals surface area (Å²) in [4.78, 5) is 26.8. The fourth-order valence-electron chi connectivity index (χ4n) is 9.77. The predicted molar refractivity (Wildman–Crippen MR) is 134 cm³/mol. The van der Waals surface area contributed by atoms with Crippen molar-refractivity contribution >= 4 is 11.6 Å². The minimum absolute atomic E-state index is 0.0398. The summed E-state index contributed by atoms with van der Waals surface area (Å²) in [5, 5.41) is 11.6. The maximum atomic E-state index is 14.0. The molecule has 8 atom stereocenters. The highest BCUT2D eigenvalue weighted by Gasteiger charge is 2.71. The Morgan fingerprint density at radius 2 is 1.64 bits per heavy atom. The van der Waals surface area contributed by atoms with Gasteiger partial charge in [-0.05, 0) is 99.7 Å². The third-order valence-corrected chi connectivity index (χ3v) is 11.9. The van der Waals surface area contributed by atoms with Gasteiger partial charge in [-0.1, -0.05) is 46.3 Å². The Bertz CT molecular complexity index is 862. The molecule has 0 saturated heterocycles. The second kappa shape index (κ2) is 7.77. The zero-order chi connectivity index (χ0) is 24.6. The smallest absolute Gasteiger partial charge is 0.138 e. The number of carbonyl (C=O) groups excluding carboxylic acids is 2. The molecule has 4 fully saturated rings. The fraction of sp³-hybridized carbons (Fsp3) is 0.867. The highest BCUT2D eigenvalue weighted by atomic mass is 16.3. The van der Waals surface area contributed by atoms with Gasteiger partial charge in [0.2, 0.25) is 0 Å². The van der Waals surface area contributed by atoms with Crippen molar-refractivity contribution in [3.8, 4) is 0 Å². The molecule has 0 aromatic heterocycles. The van der Waals surface area contributed by atoms with Gasteiger partial charge in [0.1, 0.15) is 11.6 Å². The second-order valence-corrected chi connectivity index (χ2v) is 14.1. The first-order chi connectivity index (χ1) is 15.1. The van der Waals surface area contributed by atoms with Gasteiger partial charge in [-0.15, -0.1) is 0 Å². The first kappa shape index (κ1) is 25.1. The summed E-state index contributed by atoms with van der Waals surface area (Å²) in [5.41, 5.74) is 0.230. The summed E-state index contributed by atoms with van der Waals surface area (Å²) in [6.45, 7) is 17.8. The molecule has 3 heteroatoms. The van der Waals surface area contributed by atoms with E-state index in [0.717, 1.165) is 44.9 Å². The Kier molecular flexibility index (Phi) is 5.92. The minimum atomic E-state index is -0.812. The highest BCUT2D eigenvalue weighted by Crippen LogP contribution is 2.74. The van der Waals surface area contributed by atoms with Gasteiger partial charge in [0.05, 0.1) is 5.60 Å². The van der Waals surface area contributed by atoms with Crippen LogP contribution in [0.5, 0.6) is 0 Å². The van der Waals surface area contributed by atoms with E-state index in [-0.39, 0.29) is 33.5 Å². The number of allylic oxidation sites excluding steroid dienone is 2. The quantitative estimate of drug-likeness (QED) is 0.467. The lowest BCUT2D eigenvalue weighted by Crippen LogP contribution is -2.65. The van der Waals surface area contributed by atoms with Gasteiger partial charge in [0.15, 0.2) is 0 Å². The Labute approximate surface area is 202 Å². The van der Waals surface area contributed by atoms with Crippen LogP contribution in [0.4, 0.5) is 0 Å². The molecule has 0 aliphatic heterocycles. The van der Waals surface area contributed by atoms with Crippen LogP contribution in [-0.2, 0) is 9.59 Å². The average Bonchev–Trinajstić information content (AvgIpc) is 3.08. The van der Waals surface area contributed by atoms with E-state index in [1.807, 2.05) is 6.92 Å². The van der Waals surface area contributed by atoms with Gasteiger partial charge in [-0.2, -0.15) is 0 Å². The van der Waals surface area contributed by atoms with Crippen molar-refractivity contribution in [2.75, 3.05) is 0 Å². The van der Waals surface area contributed by atoms with Crippen LogP contribution in [-0.4, -0.2) is 22.3 Å². The summed E-state index contributed by atoms with van der Waals surface area (Å²) >= 11 is 0. The largest absolute Gasteiger partial charge is 0.390 e. The first-order valence-electron chi connectivity index (χ1n) is 13.5. The molecular formula is C30H48O3. The molecular weight excluding hydrogens is 408 g/mol. The minimum Gasteiger partial charge on any atom is -0.390 e. The van der Waals surface area contributed by atoms with Gasteiger partial charge >= 0.3 is 0 Å². The van der Waals surface area contributed by atoms with E-state index in [4.69, 9.17) is 0 Å². The fourth-order valence-corrected chi connectivity index (χ4v) is 9.77. The third kappa shape index (κ3) is 3.46. The number of hydrogen-bond donors (Lipinski definition) is 1. The van der Waals surface area contributed by atoms with Gasteiger partial charge in [-0.25, -0.2) is 0 Å². The lowest BCUT2D eigenvalue weighted by molar-refractivity contribution is -0.205. The van der Waals surface area contributed by atoms with Crippen LogP contribution < -0.4 is 0 Å². The standard InChI is InChI=1S/C30H48O3/c1-19(2)10-9-14-30(8,33)20-11-16-29(7)25(20)21(31)18-23-27(5)15-13-24(32)26(3,4)22(27)12-17-28(23,29)6/h10,20,22-23,25,33H,9,11-18H2,1-8H3/t20-,22-,23+,25-,27-,28+,29+,30-/m0/s1. The summed E-state index contributed by atoms with van der Waals surface area (Å²) in [5.74, 6) is 1.50. The molecule has 0 aromatic rings. The SMILES string of the molecule is CC(C)=CCC[C@](C)(O)[C@H]1CC[C@]2(C)[C@@H]1C(=O)C[C@@H]1[C@@]3(C)CCC(=O)C(C)(C)[C@@H]3CC[C@]12C. The van der Waals surface area contributed by atoms with Crippen molar-refractivity contribution < 1.29 is 14.7 Å². The molecule has 0 amide bonds. The van der Waals surface area contributed by atoms with Crippen molar-refractivity contribution in [2.45, 2.75) is 119 Å². The van der Waals surface area contributed by atoms with Crippen molar-refractivity contribution in [2.24, 2.45) is 45.3 Å². The normalized spacial score (nSPS) is 46.1. The van der Waals surface area contributed by atoms with Gasteiger partial charge < -0.3 is 5.11 Å². The van der Waals surface area contributed by atoms with Gasteiger partial charge in [-0.3, -0.25) is 9.59 Å². The van der Waals surface area contributed by atoms with Crippen LogP contribution in [0.15, 0.2) is 11.6 Å². The maximum Gasteiger partial charge on any atom is 0.138 e. The monoisotopic (exact) mass is 456 g/mol. The van der Waals surface area contributed by atoms with E-state index >= 15 is 0 Å². The Morgan fingerprint density at radius 1 is 1.00 bits per heavy atom. The average molecular weight is 457 g/mol. The Hall–Kier alpha value is -0.960. The lowest BCUT2D eigenvalue weighted by Gasteiger charge is -2.68. The third-order valence-electron chi connectivity index (χ3n) is 11.9. The van der Waals surface area contributed by atoms with E-state index in [2.05, 4.69) is 54.5 Å². The van der Waals surface area contributed by atoms with Gasteiger partial charge in [0, 0.05) is 24.2 Å². The summed E-state index contributed by atoms with van der Waals surface area (Å²) in [7, 11) is 0. The van der Waals surface area contributed by atoms with E-state index in [1.165, 1.54) is 5.57 Å². The number of ketones is 2. The summed E-state index contributed by atoms with van der Waals surface area (Å²) < 4.78 is 0. The number of Topliss-reactive ketones (excluding diaryl/α,β-unsaturated/α-hetero) is 2. The van der Waals surface area contributed by atoms with Crippen molar-refractivity contribution in [3.63, 3.8) is 0 Å². The maximum absolute atomic E-state index is 14.0. The number of rotatable bonds is 4. The summed E-state index contributed by atoms with van der Waals surface area (Å²) in [6, 6.07) is 0. The number of fused-ring (bicyclic) bond motifs is 5. The van der Waals surface area contributed by atoms with Crippen LogP contribution in [0.1, 0.15) is 113 Å². The Balaban J connectivity index is 1.68. The lowest BCUT2D eigenvalue weighted by atomic mass is 9.35. The molecule has 4 aliphatic rings. The Morgan fingerprint density at radius 3 is 2.27 bits per heavy atom. The van der Waals surface area contributed by atoms with Crippen LogP contribution in [0.3, 0.4) is 0 Å². The van der Waals surface area contributed by atoms with E-state index in [9.17, 15) is 14.7 Å². The molecule has 33 heavy (non-hydrogen) atoms. The molecule has 0 bridgehead atoms. The number of aliphatic hydroxyl groups is 1. The van der Waals surface area contributed by atoms with Crippen LogP contribution in [0.2, 0.25) is 0 Å². The highest BCUT2D eigenvalue weighted by molar-refractivity contribution is 5.86. The second-order valence-electron chi connectivity index (χ2n) is 14.1. The van der Waals surface area contributed by atoms with Crippen molar-refractivity contribution in [1.82, 2.24) is 0 Å². The zero-order valence-corrected chi connectivity index (χ0v) is 22.5. The molecule has 4 aliphatic carbocycles. The summed E-state index contributed by atoms with van der Waals surface area (Å²) in [6.07, 6.45) is 10.2. The molecule has 0 heterocycles. The number of carbonyl (C=O) groups is 2. The zero-order valence-electron chi connectivity index (χ0n) is 22.5.